The average molecular weight is 401 g/mol. The number of nitrogens with one attached hydrogen (secondary N) is 1. The molecule has 0 aliphatic carbocycles. The predicted molar refractivity (Wildman–Crippen MR) is 111 cm³/mol. The lowest BCUT2D eigenvalue weighted by Crippen LogP contribution is -2.23. The van der Waals surface area contributed by atoms with E-state index < -0.39 is 0 Å². The first-order chi connectivity index (χ1) is 12.9. The van der Waals surface area contributed by atoms with Gasteiger partial charge < -0.3 is 5.32 Å². The molecule has 1 aromatic heterocycles. The molecule has 0 fully saturated rings. The van der Waals surface area contributed by atoms with Gasteiger partial charge in [-0.05, 0) is 57.0 Å². The van der Waals surface area contributed by atoms with E-state index >= 15 is 0 Å². The third-order valence-electron chi connectivity index (χ3n) is 4.33. The Kier molecular flexibility index (Phi) is 5.87. The molecule has 0 radical (unpaired) electrons. The smallest absolute Gasteiger partial charge is 0.237 e. The van der Waals surface area contributed by atoms with Crippen LogP contribution in [0.3, 0.4) is 0 Å². The highest BCUT2D eigenvalue weighted by molar-refractivity contribution is 8.00. The molecule has 0 saturated heterocycles. The molecule has 0 aliphatic heterocycles. The van der Waals surface area contributed by atoms with E-state index in [0.717, 1.165) is 28.3 Å². The number of anilines is 1. The number of carbonyl (C=O) groups is 1. The minimum atomic E-state index is -0.352. The van der Waals surface area contributed by atoms with Gasteiger partial charge in [-0.2, -0.15) is 0 Å². The minimum Gasteiger partial charge on any atom is -0.325 e. The summed E-state index contributed by atoms with van der Waals surface area (Å²) >= 11 is 7.51. The van der Waals surface area contributed by atoms with Gasteiger partial charge >= 0.3 is 0 Å². The Labute approximate surface area is 168 Å². The van der Waals surface area contributed by atoms with E-state index in [0.29, 0.717) is 10.2 Å². The highest BCUT2D eigenvalue weighted by Crippen LogP contribution is 2.28. The number of para-hydroxylation sites is 1. The van der Waals surface area contributed by atoms with Crippen LogP contribution in [-0.4, -0.2) is 25.9 Å². The van der Waals surface area contributed by atoms with Crippen LogP contribution in [0.5, 0.6) is 0 Å². The van der Waals surface area contributed by atoms with Crippen molar-refractivity contribution in [3.05, 3.63) is 64.4 Å². The Bertz CT molecular complexity index is 986. The zero-order valence-corrected chi connectivity index (χ0v) is 17.2. The van der Waals surface area contributed by atoms with Crippen LogP contribution >= 0.6 is 23.4 Å². The summed E-state index contributed by atoms with van der Waals surface area (Å²) in [5.74, 6) is 0.674. The molecular weight excluding hydrogens is 380 g/mol. The van der Waals surface area contributed by atoms with E-state index in [9.17, 15) is 4.79 Å². The van der Waals surface area contributed by atoms with Crippen LogP contribution in [0.4, 0.5) is 5.69 Å². The standard InChI is InChI=1S/C20H21ClN4OS/c1-12-8-5-6-11-18(12)25-15(4)23-24-20(25)27-14(3)19(26)22-17-10-7-9-16(21)13(17)2/h5-11,14H,1-4H3,(H,22,26). The van der Waals surface area contributed by atoms with Crippen LogP contribution in [0, 0.1) is 20.8 Å². The zero-order valence-electron chi connectivity index (χ0n) is 15.7. The molecule has 3 aromatic rings. The highest BCUT2D eigenvalue weighted by Gasteiger charge is 2.21. The topological polar surface area (TPSA) is 59.8 Å². The fourth-order valence-corrected chi connectivity index (χ4v) is 3.78. The molecule has 5 nitrogen and oxygen atoms in total. The molecule has 1 heterocycles. The summed E-state index contributed by atoms with van der Waals surface area (Å²) in [5, 5.41) is 12.4. The van der Waals surface area contributed by atoms with Gasteiger partial charge in [0.15, 0.2) is 5.16 Å². The second kappa shape index (κ2) is 8.15. The summed E-state index contributed by atoms with van der Waals surface area (Å²) in [6, 6.07) is 13.5. The Hall–Kier alpha value is -2.31. The van der Waals surface area contributed by atoms with Gasteiger partial charge in [0, 0.05) is 10.7 Å². The van der Waals surface area contributed by atoms with Crippen molar-refractivity contribution in [2.75, 3.05) is 5.32 Å². The second-order valence-corrected chi connectivity index (χ2v) is 8.03. The van der Waals surface area contributed by atoms with Gasteiger partial charge in [0.25, 0.3) is 0 Å². The molecule has 1 unspecified atom stereocenters. The SMILES string of the molecule is Cc1ccccc1-n1c(C)nnc1SC(C)C(=O)Nc1cccc(Cl)c1C. The van der Waals surface area contributed by atoms with E-state index in [2.05, 4.69) is 15.5 Å². The molecule has 0 saturated carbocycles. The normalized spacial score (nSPS) is 12.0. The highest BCUT2D eigenvalue weighted by atomic mass is 35.5. The molecule has 7 heteroatoms. The van der Waals surface area contributed by atoms with Gasteiger partial charge in [0.05, 0.1) is 10.9 Å². The number of aryl methyl sites for hydroxylation is 2. The van der Waals surface area contributed by atoms with Gasteiger partial charge in [0.1, 0.15) is 5.82 Å². The summed E-state index contributed by atoms with van der Waals surface area (Å²) in [4.78, 5) is 12.7. The maximum atomic E-state index is 12.7. The summed E-state index contributed by atoms with van der Waals surface area (Å²) in [7, 11) is 0. The van der Waals surface area contributed by atoms with Gasteiger partial charge in [-0.3, -0.25) is 9.36 Å². The fourth-order valence-electron chi connectivity index (χ4n) is 2.70. The Balaban J connectivity index is 1.81. The summed E-state index contributed by atoms with van der Waals surface area (Å²) in [6.45, 7) is 7.69. The number of amides is 1. The van der Waals surface area contributed by atoms with Crippen molar-refractivity contribution < 1.29 is 4.79 Å². The van der Waals surface area contributed by atoms with Crippen LogP contribution in [0.25, 0.3) is 5.69 Å². The minimum absolute atomic E-state index is 0.109. The molecule has 3 rings (SSSR count). The molecule has 1 N–H and O–H groups in total. The lowest BCUT2D eigenvalue weighted by molar-refractivity contribution is -0.115. The molecule has 140 valence electrons. The first kappa shape index (κ1) is 19.5. The average Bonchev–Trinajstić information content (AvgIpc) is 2.99. The van der Waals surface area contributed by atoms with Crippen LogP contribution in [-0.2, 0) is 4.79 Å². The Morgan fingerprint density at radius 3 is 2.59 bits per heavy atom. The summed E-state index contributed by atoms with van der Waals surface area (Å²) in [6.07, 6.45) is 0. The lowest BCUT2D eigenvalue weighted by Gasteiger charge is -2.15. The predicted octanol–water partition coefficient (Wildman–Crippen LogP) is 4.97. The zero-order chi connectivity index (χ0) is 19.6. The molecule has 0 spiro atoms. The van der Waals surface area contributed by atoms with Crippen molar-refractivity contribution in [3.63, 3.8) is 0 Å². The first-order valence-electron chi connectivity index (χ1n) is 8.59. The van der Waals surface area contributed by atoms with Gasteiger partial charge in [-0.15, -0.1) is 10.2 Å². The molecule has 2 aromatic carbocycles. The number of carbonyl (C=O) groups excluding carboxylic acids is 1. The van der Waals surface area contributed by atoms with Gasteiger partial charge in [-0.25, -0.2) is 0 Å². The van der Waals surface area contributed by atoms with E-state index in [1.807, 2.05) is 68.7 Å². The van der Waals surface area contributed by atoms with E-state index in [1.165, 1.54) is 11.8 Å². The quantitative estimate of drug-likeness (QED) is 0.614. The van der Waals surface area contributed by atoms with Crippen molar-refractivity contribution in [2.45, 2.75) is 38.1 Å². The van der Waals surface area contributed by atoms with Crippen molar-refractivity contribution in [1.29, 1.82) is 0 Å². The molecule has 0 bridgehead atoms. The van der Waals surface area contributed by atoms with E-state index in [4.69, 9.17) is 11.6 Å². The maximum Gasteiger partial charge on any atom is 0.237 e. The van der Waals surface area contributed by atoms with Gasteiger partial charge in [-0.1, -0.05) is 47.6 Å². The largest absolute Gasteiger partial charge is 0.325 e. The third-order valence-corrected chi connectivity index (χ3v) is 5.78. The molecular formula is C20H21ClN4OS. The van der Waals surface area contributed by atoms with Gasteiger partial charge in [0.2, 0.25) is 5.91 Å². The van der Waals surface area contributed by atoms with Crippen molar-refractivity contribution in [2.24, 2.45) is 0 Å². The number of hydrogen-bond donors (Lipinski definition) is 1. The Morgan fingerprint density at radius 1 is 1.11 bits per heavy atom. The summed E-state index contributed by atoms with van der Waals surface area (Å²) < 4.78 is 1.98. The number of hydrogen-bond acceptors (Lipinski definition) is 4. The fraction of sp³-hybridized carbons (Fsp3) is 0.250. The summed E-state index contributed by atoms with van der Waals surface area (Å²) in [5.41, 5.74) is 3.70. The monoisotopic (exact) mass is 400 g/mol. The molecule has 1 atom stereocenters. The maximum absolute atomic E-state index is 12.7. The number of halogens is 1. The van der Waals surface area contributed by atoms with Crippen LogP contribution in [0.1, 0.15) is 23.9 Å². The van der Waals surface area contributed by atoms with Crippen molar-refractivity contribution >= 4 is 35.0 Å². The number of rotatable bonds is 5. The number of nitrogens with zero attached hydrogens (tertiary/aromatic N) is 3. The number of thioether (sulfide) groups is 1. The van der Waals surface area contributed by atoms with Crippen molar-refractivity contribution in [3.8, 4) is 5.69 Å². The van der Waals surface area contributed by atoms with Crippen LogP contribution < -0.4 is 5.32 Å². The van der Waals surface area contributed by atoms with Crippen molar-refractivity contribution in [1.82, 2.24) is 14.8 Å². The first-order valence-corrected chi connectivity index (χ1v) is 9.85. The lowest BCUT2D eigenvalue weighted by atomic mass is 10.2. The van der Waals surface area contributed by atoms with Crippen LogP contribution in [0.15, 0.2) is 47.6 Å². The van der Waals surface area contributed by atoms with E-state index in [-0.39, 0.29) is 11.2 Å². The number of benzene rings is 2. The molecule has 1 amide bonds. The second-order valence-electron chi connectivity index (χ2n) is 6.31. The third kappa shape index (κ3) is 4.17. The van der Waals surface area contributed by atoms with Crippen LogP contribution in [0.2, 0.25) is 5.02 Å². The molecule has 27 heavy (non-hydrogen) atoms. The Morgan fingerprint density at radius 2 is 1.85 bits per heavy atom. The number of aromatic nitrogens is 3. The molecule has 0 aliphatic rings. The van der Waals surface area contributed by atoms with E-state index in [1.54, 1.807) is 6.07 Å².